The Balaban J connectivity index is 1.86. The van der Waals surface area contributed by atoms with E-state index in [2.05, 4.69) is 5.32 Å². The molecular formula is C18H19ClN2O2. The lowest BCUT2D eigenvalue weighted by Crippen LogP contribution is -2.34. The highest BCUT2D eigenvalue weighted by molar-refractivity contribution is 6.31. The monoisotopic (exact) mass is 330 g/mol. The Morgan fingerprint density at radius 3 is 2.65 bits per heavy atom. The van der Waals surface area contributed by atoms with Crippen LogP contribution in [0.1, 0.15) is 46.1 Å². The number of carbonyl (C=O) groups excluding carboxylic acids is 1. The normalized spacial score (nSPS) is 13.9. The van der Waals surface area contributed by atoms with Gasteiger partial charge in [0.1, 0.15) is 5.56 Å². The Hall–Kier alpha value is -2.07. The average Bonchev–Trinajstić information content (AvgIpc) is 3.30. The van der Waals surface area contributed by atoms with Gasteiger partial charge in [-0.1, -0.05) is 29.8 Å². The first-order valence-corrected chi connectivity index (χ1v) is 8.11. The first kappa shape index (κ1) is 15.8. The zero-order valence-corrected chi connectivity index (χ0v) is 14.0. The summed E-state index contributed by atoms with van der Waals surface area (Å²) in [5, 5.41) is 3.41. The highest BCUT2D eigenvalue weighted by atomic mass is 35.5. The summed E-state index contributed by atoms with van der Waals surface area (Å²) < 4.78 is 1.75. The molecule has 5 heteroatoms. The second-order valence-electron chi connectivity index (χ2n) is 6.02. The molecule has 1 heterocycles. The summed E-state index contributed by atoms with van der Waals surface area (Å²) in [5.41, 5.74) is 2.49. The van der Waals surface area contributed by atoms with Crippen LogP contribution in [-0.4, -0.2) is 10.5 Å². The van der Waals surface area contributed by atoms with Crippen LogP contribution in [0, 0.1) is 13.8 Å². The Morgan fingerprint density at radius 2 is 2.00 bits per heavy atom. The van der Waals surface area contributed by atoms with Crippen molar-refractivity contribution in [1.29, 1.82) is 0 Å². The van der Waals surface area contributed by atoms with Crippen molar-refractivity contribution >= 4 is 17.5 Å². The van der Waals surface area contributed by atoms with Crippen LogP contribution in [0.5, 0.6) is 0 Å². The molecule has 0 bridgehead atoms. The topological polar surface area (TPSA) is 51.1 Å². The lowest BCUT2D eigenvalue weighted by Gasteiger charge is -2.14. The molecule has 120 valence electrons. The molecule has 0 saturated heterocycles. The summed E-state index contributed by atoms with van der Waals surface area (Å²) in [7, 11) is 0. The molecule has 1 amide bonds. The molecule has 2 aromatic rings. The van der Waals surface area contributed by atoms with E-state index in [0.717, 1.165) is 24.1 Å². The number of nitrogens with one attached hydrogen (secondary N) is 1. The van der Waals surface area contributed by atoms with E-state index in [-0.39, 0.29) is 23.1 Å². The second-order valence-corrected chi connectivity index (χ2v) is 6.43. The molecule has 0 unspecified atom stereocenters. The van der Waals surface area contributed by atoms with E-state index in [1.54, 1.807) is 17.6 Å². The summed E-state index contributed by atoms with van der Waals surface area (Å²) in [6.45, 7) is 4.02. The van der Waals surface area contributed by atoms with Crippen molar-refractivity contribution < 1.29 is 4.79 Å². The van der Waals surface area contributed by atoms with Crippen LogP contribution >= 0.6 is 11.6 Å². The van der Waals surface area contributed by atoms with Gasteiger partial charge < -0.3 is 9.88 Å². The fourth-order valence-electron chi connectivity index (χ4n) is 2.87. The van der Waals surface area contributed by atoms with Crippen molar-refractivity contribution in [2.24, 2.45) is 0 Å². The molecule has 3 rings (SSSR count). The number of benzene rings is 1. The molecule has 23 heavy (non-hydrogen) atoms. The molecule has 1 aliphatic rings. The Morgan fingerprint density at radius 1 is 1.30 bits per heavy atom. The van der Waals surface area contributed by atoms with Crippen LogP contribution in [0.15, 0.2) is 35.1 Å². The predicted molar refractivity (Wildman–Crippen MR) is 91.1 cm³/mol. The van der Waals surface area contributed by atoms with Crippen molar-refractivity contribution in [2.45, 2.75) is 39.3 Å². The van der Waals surface area contributed by atoms with Crippen LogP contribution in [0.25, 0.3) is 0 Å². The molecule has 1 aliphatic carbocycles. The van der Waals surface area contributed by atoms with Gasteiger partial charge in [-0.3, -0.25) is 9.59 Å². The van der Waals surface area contributed by atoms with Crippen molar-refractivity contribution in [3.05, 3.63) is 68.1 Å². The molecule has 4 nitrogen and oxygen atoms in total. The van der Waals surface area contributed by atoms with E-state index in [4.69, 9.17) is 11.6 Å². The molecular weight excluding hydrogens is 312 g/mol. The van der Waals surface area contributed by atoms with E-state index in [9.17, 15) is 9.59 Å². The summed E-state index contributed by atoms with van der Waals surface area (Å²) >= 11 is 6.09. The van der Waals surface area contributed by atoms with Gasteiger partial charge in [0, 0.05) is 23.3 Å². The number of pyridine rings is 1. The second kappa shape index (κ2) is 6.20. The van der Waals surface area contributed by atoms with E-state index in [0.29, 0.717) is 17.1 Å². The third-order valence-corrected chi connectivity index (χ3v) is 4.54. The van der Waals surface area contributed by atoms with Gasteiger partial charge in [0.2, 0.25) is 0 Å². The maximum absolute atomic E-state index is 12.7. The molecule has 0 atom stereocenters. The zero-order valence-electron chi connectivity index (χ0n) is 13.2. The minimum Gasteiger partial charge on any atom is -0.348 e. The van der Waals surface area contributed by atoms with E-state index >= 15 is 0 Å². The largest absolute Gasteiger partial charge is 0.348 e. The summed E-state index contributed by atoms with van der Waals surface area (Å²) in [4.78, 5) is 25.2. The van der Waals surface area contributed by atoms with E-state index < -0.39 is 0 Å². The van der Waals surface area contributed by atoms with Gasteiger partial charge in [0.15, 0.2) is 0 Å². The van der Waals surface area contributed by atoms with E-state index in [1.807, 2.05) is 31.2 Å². The fourth-order valence-corrected chi connectivity index (χ4v) is 3.08. The first-order chi connectivity index (χ1) is 11.0. The van der Waals surface area contributed by atoms with Gasteiger partial charge in [-0.15, -0.1) is 0 Å². The average molecular weight is 331 g/mol. The SMILES string of the molecule is Cc1cc(C)n(C2CC2)c(=O)c1C(=O)NCc1ccccc1Cl. The van der Waals surface area contributed by atoms with Gasteiger partial charge in [-0.05, 0) is 49.9 Å². The third-order valence-electron chi connectivity index (χ3n) is 4.17. The maximum atomic E-state index is 12.7. The maximum Gasteiger partial charge on any atom is 0.264 e. The Bertz CT molecular complexity index is 822. The van der Waals surface area contributed by atoms with Gasteiger partial charge in [-0.25, -0.2) is 0 Å². The fraction of sp³-hybridized carbons (Fsp3) is 0.333. The summed E-state index contributed by atoms with van der Waals surface area (Å²) in [6.07, 6.45) is 2.01. The highest BCUT2D eigenvalue weighted by Crippen LogP contribution is 2.34. The number of amides is 1. The molecule has 1 fully saturated rings. The number of hydrogen-bond donors (Lipinski definition) is 1. The van der Waals surface area contributed by atoms with Crippen LogP contribution in [0.2, 0.25) is 5.02 Å². The molecule has 1 aromatic heterocycles. The third kappa shape index (κ3) is 3.17. The predicted octanol–water partition coefficient (Wildman–Crippen LogP) is 3.38. The van der Waals surface area contributed by atoms with Crippen LogP contribution in [-0.2, 0) is 6.54 Å². The Labute approximate surface area is 140 Å². The quantitative estimate of drug-likeness (QED) is 0.934. The standard InChI is InChI=1S/C18H19ClN2O2/c1-11-9-12(2)21(14-7-8-14)18(23)16(11)17(22)20-10-13-5-3-4-6-15(13)19/h3-6,9,14H,7-8,10H2,1-2H3,(H,20,22). The van der Waals surface area contributed by atoms with Gasteiger partial charge in [0.05, 0.1) is 0 Å². The lowest BCUT2D eigenvalue weighted by atomic mass is 10.1. The molecule has 0 spiro atoms. The van der Waals surface area contributed by atoms with Crippen molar-refractivity contribution in [3.8, 4) is 0 Å². The van der Waals surface area contributed by atoms with Crippen LogP contribution in [0.3, 0.4) is 0 Å². The zero-order chi connectivity index (χ0) is 16.6. The van der Waals surface area contributed by atoms with Gasteiger partial charge >= 0.3 is 0 Å². The molecule has 1 saturated carbocycles. The minimum absolute atomic E-state index is 0.193. The first-order valence-electron chi connectivity index (χ1n) is 7.73. The smallest absolute Gasteiger partial charge is 0.264 e. The van der Waals surface area contributed by atoms with Crippen molar-refractivity contribution in [2.75, 3.05) is 0 Å². The van der Waals surface area contributed by atoms with Gasteiger partial charge in [0.25, 0.3) is 11.5 Å². The number of hydrogen-bond acceptors (Lipinski definition) is 2. The number of carbonyl (C=O) groups is 1. The molecule has 0 aliphatic heterocycles. The number of nitrogens with zero attached hydrogens (tertiary/aromatic N) is 1. The number of rotatable bonds is 4. The lowest BCUT2D eigenvalue weighted by molar-refractivity contribution is 0.0948. The van der Waals surface area contributed by atoms with Crippen LogP contribution < -0.4 is 10.9 Å². The number of aromatic nitrogens is 1. The van der Waals surface area contributed by atoms with E-state index in [1.165, 1.54) is 0 Å². The number of aryl methyl sites for hydroxylation is 2. The van der Waals surface area contributed by atoms with Gasteiger partial charge in [-0.2, -0.15) is 0 Å². The summed E-state index contributed by atoms with van der Waals surface area (Å²) in [5.74, 6) is -0.346. The van der Waals surface area contributed by atoms with Crippen LogP contribution in [0.4, 0.5) is 0 Å². The number of halogens is 1. The highest BCUT2D eigenvalue weighted by Gasteiger charge is 2.28. The molecule has 1 aromatic carbocycles. The Kier molecular flexibility index (Phi) is 4.26. The molecule has 0 radical (unpaired) electrons. The van der Waals surface area contributed by atoms with Crippen molar-refractivity contribution in [1.82, 2.24) is 9.88 Å². The van der Waals surface area contributed by atoms with Crippen molar-refractivity contribution in [3.63, 3.8) is 0 Å². The molecule has 1 N–H and O–H groups in total. The summed E-state index contributed by atoms with van der Waals surface area (Å²) in [6, 6.07) is 9.49. The minimum atomic E-state index is -0.346.